The van der Waals surface area contributed by atoms with Crippen molar-refractivity contribution in [2.45, 2.75) is 271 Å². The molecule has 0 atom stereocenters. The molecular weight excluding hydrogens is 874 g/mol. The molecule has 0 aliphatic heterocycles. The van der Waals surface area contributed by atoms with Crippen LogP contribution in [0.25, 0.3) is 24.3 Å². The van der Waals surface area contributed by atoms with Gasteiger partial charge >= 0.3 is 5.69 Å². The first kappa shape index (κ1) is 61.5. The summed E-state index contributed by atoms with van der Waals surface area (Å²) in [6.45, 7) is 6.88. The van der Waals surface area contributed by atoms with E-state index < -0.39 is 16.4 Å². The highest BCUT2D eigenvalue weighted by molar-refractivity contribution is 5.72. The molecule has 0 bridgehead atoms. The zero-order chi connectivity index (χ0) is 50.5. The summed E-state index contributed by atoms with van der Waals surface area (Å²) >= 11 is 0. The van der Waals surface area contributed by atoms with Crippen LogP contribution in [-0.2, 0) is 0 Å². The van der Waals surface area contributed by atoms with Gasteiger partial charge in [-0.2, -0.15) is 4.39 Å². The highest BCUT2D eigenvalue weighted by Gasteiger charge is 2.13. The average Bonchev–Trinajstić information content (AvgIpc) is 3.38. The molecule has 0 aliphatic rings. The lowest BCUT2D eigenvalue weighted by Crippen LogP contribution is -2.25. The zero-order valence-corrected chi connectivity index (χ0v) is 45.8. The quantitative estimate of drug-likeness (QED) is 0.0321. The van der Waals surface area contributed by atoms with Gasteiger partial charge in [-0.1, -0.05) is 294 Å². The summed E-state index contributed by atoms with van der Waals surface area (Å²) in [5.41, 5.74) is 4.24. The molecule has 0 fully saturated rings. The van der Waals surface area contributed by atoms with Gasteiger partial charge in [-0.15, -0.1) is 0 Å². The van der Waals surface area contributed by atoms with Gasteiger partial charge in [0.1, 0.15) is 0 Å². The number of rotatable bonds is 48. The number of unbranched alkanes of at least 4 members (excludes halogenated alkanes) is 38. The molecule has 3 aromatic rings. The SMILES string of the molecule is CCCCCCCCCCCCCCCCCCCCCCN(CCCCCCCCCCCCCCCCCCCCCC)c1ccc(/C=C/c2ccc(/C=C/c3ccc([N+](=O)[O-])c(F)c3)nc2)cc1. The third-order valence-electron chi connectivity index (χ3n) is 14.7. The lowest BCUT2D eigenvalue weighted by Gasteiger charge is -2.25. The minimum absolute atomic E-state index is 0.522. The first-order valence-electron chi connectivity index (χ1n) is 30.1. The van der Waals surface area contributed by atoms with Gasteiger partial charge in [-0.3, -0.25) is 15.1 Å². The van der Waals surface area contributed by atoms with Crippen molar-refractivity contribution in [1.29, 1.82) is 0 Å². The second-order valence-corrected chi connectivity index (χ2v) is 21.2. The predicted octanol–water partition coefficient (Wildman–Crippen LogP) is 21.9. The van der Waals surface area contributed by atoms with E-state index in [1.165, 1.54) is 281 Å². The highest BCUT2D eigenvalue weighted by atomic mass is 19.1. The van der Waals surface area contributed by atoms with Gasteiger partial charge in [-0.05, 0) is 65.9 Å². The molecule has 0 spiro atoms. The molecule has 0 aliphatic carbocycles. The Hall–Kier alpha value is -3.80. The average molecular weight is 979 g/mol. The van der Waals surface area contributed by atoms with Crippen molar-refractivity contribution in [2.24, 2.45) is 0 Å². The van der Waals surface area contributed by atoms with E-state index in [4.69, 9.17) is 0 Å². The minimum Gasteiger partial charge on any atom is -0.372 e. The maximum atomic E-state index is 14.0. The Kier molecular flexibility index (Phi) is 37.9. The van der Waals surface area contributed by atoms with Crippen molar-refractivity contribution < 1.29 is 9.31 Å². The van der Waals surface area contributed by atoms with Crippen molar-refractivity contribution in [3.05, 3.63) is 99.1 Å². The third kappa shape index (κ3) is 32.8. The van der Waals surface area contributed by atoms with E-state index in [0.29, 0.717) is 5.56 Å². The second-order valence-electron chi connectivity index (χ2n) is 21.2. The summed E-state index contributed by atoms with van der Waals surface area (Å²) in [5.74, 6) is -0.844. The van der Waals surface area contributed by atoms with E-state index in [0.717, 1.165) is 29.9 Å². The van der Waals surface area contributed by atoms with Gasteiger partial charge in [-0.25, -0.2) is 0 Å². The number of aromatic nitrogens is 1. The van der Waals surface area contributed by atoms with Crippen LogP contribution in [0.3, 0.4) is 0 Å². The topological polar surface area (TPSA) is 59.3 Å². The zero-order valence-electron chi connectivity index (χ0n) is 45.8. The lowest BCUT2D eigenvalue weighted by molar-refractivity contribution is -0.387. The van der Waals surface area contributed by atoms with Crippen molar-refractivity contribution in [3.8, 4) is 0 Å². The van der Waals surface area contributed by atoms with Crippen LogP contribution in [0.5, 0.6) is 0 Å². The van der Waals surface area contributed by atoms with E-state index >= 15 is 0 Å². The van der Waals surface area contributed by atoms with E-state index in [1.807, 2.05) is 18.3 Å². The number of nitro groups is 1. The molecule has 2 aromatic carbocycles. The predicted molar refractivity (Wildman–Crippen MR) is 310 cm³/mol. The number of hydrogen-bond donors (Lipinski definition) is 0. The Labute approximate surface area is 435 Å². The van der Waals surface area contributed by atoms with Crippen LogP contribution in [-0.4, -0.2) is 23.0 Å². The lowest BCUT2D eigenvalue weighted by atomic mass is 10.0. The molecule has 0 saturated heterocycles. The molecule has 0 unspecified atom stereocenters. The van der Waals surface area contributed by atoms with E-state index in [9.17, 15) is 14.5 Å². The van der Waals surface area contributed by atoms with Crippen LogP contribution in [0, 0.1) is 15.9 Å². The first-order chi connectivity index (χ1) is 35.0. The molecule has 71 heavy (non-hydrogen) atoms. The van der Waals surface area contributed by atoms with Gasteiger partial charge in [0.05, 0.1) is 10.6 Å². The number of halogens is 1. The van der Waals surface area contributed by atoms with Gasteiger partial charge in [0.25, 0.3) is 0 Å². The third-order valence-corrected chi connectivity index (χ3v) is 14.7. The Morgan fingerprint density at radius 2 is 0.746 bits per heavy atom. The Morgan fingerprint density at radius 3 is 1.08 bits per heavy atom. The maximum Gasteiger partial charge on any atom is 0.304 e. The monoisotopic (exact) mass is 978 g/mol. The number of nitrogens with zero attached hydrogens (tertiary/aromatic N) is 3. The fourth-order valence-electron chi connectivity index (χ4n) is 10.0. The number of hydrogen-bond acceptors (Lipinski definition) is 4. The molecule has 0 saturated carbocycles. The van der Waals surface area contributed by atoms with Crippen molar-refractivity contribution >= 4 is 35.7 Å². The van der Waals surface area contributed by atoms with Crippen molar-refractivity contribution in [3.63, 3.8) is 0 Å². The number of benzene rings is 2. The summed E-state index contributed by atoms with van der Waals surface area (Å²) < 4.78 is 14.0. The first-order valence-corrected chi connectivity index (χ1v) is 30.1. The Morgan fingerprint density at radius 1 is 0.423 bits per heavy atom. The molecule has 398 valence electrons. The minimum atomic E-state index is -0.844. The summed E-state index contributed by atoms with van der Waals surface area (Å²) in [7, 11) is 0. The van der Waals surface area contributed by atoms with Crippen LogP contribution in [0.1, 0.15) is 293 Å². The van der Waals surface area contributed by atoms with Gasteiger partial charge in [0.15, 0.2) is 0 Å². The van der Waals surface area contributed by atoms with E-state index in [2.05, 4.69) is 60.1 Å². The van der Waals surface area contributed by atoms with Crippen molar-refractivity contribution in [1.82, 2.24) is 4.98 Å². The normalized spacial score (nSPS) is 11.7. The highest BCUT2D eigenvalue weighted by Crippen LogP contribution is 2.23. The van der Waals surface area contributed by atoms with Gasteiger partial charge in [0.2, 0.25) is 5.82 Å². The molecule has 0 amide bonds. The van der Waals surface area contributed by atoms with Crippen LogP contribution >= 0.6 is 0 Å². The molecule has 6 heteroatoms. The fourth-order valence-corrected chi connectivity index (χ4v) is 10.0. The van der Waals surface area contributed by atoms with Crippen LogP contribution in [0.4, 0.5) is 15.8 Å². The summed E-state index contributed by atoms with van der Waals surface area (Å²) in [5, 5.41) is 10.9. The summed E-state index contributed by atoms with van der Waals surface area (Å²) in [6.07, 6.45) is 66.1. The summed E-state index contributed by atoms with van der Waals surface area (Å²) in [4.78, 5) is 17.4. The largest absolute Gasteiger partial charge is 0.372 e. The van der Waals surface area contributed by atoms with Crippen LogP contribution < -0.4 is 4.90 Å². The smallest absolute Gasteiger partial charge is 0.304 e. The number of anilines is 1. The summed E-state index contributed by atoms with van der Waals surface area (Å²) in [6, 6.07) is 16.9. The number of pyridine rings is 1. The maximum absolute atomic E-state index is 14.0. The van der Waals surface area contributed by atoms with Crippen LogP contribution in [0.15, 0.2) is 60.8 Å². The molecule has 0 radical (unpaired) electrons. The fraction of sp³-hybridized carbons (Fsp3) is 0.677. The standard InChI is InChI=1S/C65H104FN3O2/c1-3-5-7-9-11-13-15-17-19-21-23-25-27-29-31-33-35-37-39-41-55-68(56-42-40-38-36-34-32-30-28-26-24-22-20-18-16-14-12-10-8-6-4-2)63-52-47-59(48-53-63)43-44-61-46-51-62(67-58-61)50-45-60-49-54-65(69(70)71)64(66)57-60/h43-54,57-58H,3-42,55-56H2,1-2H3/b44-43+,50-45+. The van der Waals surface area contributed by atoms with Crippen LogP contribution in [0.2, 0.25) is 0 Å². The molecule has 0 N–H and O–H groups in total. The molecule has 1 heterocycles. The molecule has 3 rings (SSSR count). The van der Waals surface area contributed by atoms with E-state index in [1.54, 1.807) is 12.2 Å². The molecular formula is C65H104FN3O2. The van der Waals surface area contributed by atoms with E-state index in [-0.39, 0.29) is 0 Å². The Balaban J connectivity index is 1.33. The van der Waals surface area contributed by atoms with Gasteiger partial charge in [0, 0.05) is 31.0 Å². The Bertz CT molecular complexity index is 1710. The molecule has 1 aromatic heterocycles. The van der Waals surface area contributed by atoms with Gasteiger partial charge < -0.3 is 4.90 Å². The second kappa shape index (κ2) is 43.8. The molecule has 5 nitrogen and oxygen atoms in total. The van der Waals surface area contributed by atoms with Crippen molar-refractivity contribution in [2.75, 3.05) is 18.0 Å². The number of nitro benzene ring substituents is 1.